The van der Waals surface area contributed by atoms with Crippen molar-refractivity contribution in [3.05, 3.63) is 58.6 Å². The van der Waals surface area contributed by atoms with Crippen molar-refractivity contribution in [2.45, 2.75) is 25.3 Å². The van der Waals surface area contributed by atoms with E-state index in [1.165, 1.54) is 45.4 Å². The van der Waals surface area contributed by atoms with Crippen molar-refractivity contribution in [3.8, 4) is 0 Å². The first-order valence-corrected chi connectivity index (χ1v) is 9.54. The lowest BCUT2D eigenvalue weighted by Crippen LogP contribution is -2.32. The summed E-state index contributed by atoms with van der Waals surface area (Å²) in [7, 11) is -3.69. The van der Waals surface area contributed by atoms with Crippen LogP contribution < -0.4 is 5.56 Å². The first-order valence-electron chi connectivity index (χ1n) is 8.10. The number of hydrogen-bond donors (Lipinski definition) is 0. The summed E-state index contributed by atoms with van der Waals surface area (Å²) in [6.07, 6.45) is 1.27. The van der Waals surface area contributed by atoms with Crippen LogP contribution in [0.25, 0.3) is 11.1 Å². The molecule has 3 rings (SSSR count). The van der Waals surface area contributed by atoms with E-state index in [0.717, 1.165) is 0 Å². The van der Waals surface area contributed by atoms with Crippen molar-refractivity contribution in [1.29, 1.82) is 0 Å². The molecule has 0 aliphatic carbocycles. The Kier molecular flexibility index (Phi) is 4.92. The van der Waals surface area contributed by atoms with E-state index in [9.17, 15) is 17.6 Å². The van der Waals surface area contributed by atoms with Crippen LogP contribution in [0, 0.1) is 5.82 Å². The number of benzene rings is 1. The first kappa shape index (κ1) is 18.3. The van der Waals surface area contributed by atoms with Crippen LogP contribution in [0.3, 0.4) is 0 Å². The number of pyridine rings is 1. The smallest absolute Gasteiger partial charge is 0.251 e. The number of rotatable bonds is 6. The van der Waals surface area contributed by atoms with Gasteiger partial charge in [-0.3, -0.25) is 4.79 Å². The van der Waals surface area contributed by atoms with Gasteiger partial charge in [-0.25, -0.2) is 17.8 Å². The molecule has 0 saturated heterocycles. The van der Waals surface area contributed by atoms with E-state index in [-0.39, 0.29) is 17.3 Å². The maximum absolute atomic E-state index is 13.3. The van der Waals surface area contributed by atoms with Gasteiger partial charge in [-0.2, -0.15) is 4.31 Å². The summed E-state index contributed by atoms with van der Waals surface area (Å²) in [4.78, 5) is 16.3. The van der Waals surface area contributed by atoms with Crippen LogP contribution in [0.4, 0.5) is 4.39 Å². The predicted octanol–water partition coefficient (Wildman–Crippen LogP) is 2.21. The van der Waals surface area contributed by atoms with E-state index in [1.807, 2.05) is 0 Å². The quantitative estimate of drug-likeness (QED) is 0.655. The van der Waals surface area contributed by atoms with Crippen LogP contribution in [0.5, 0.6) is 0 Å². The summed E-state index contributed by atoms with van der Waals surface area (Å²) >= 11 is 0. The molecule has 0 bridgehead atoms. The Balaban J connectivity index is 1.98. The fourth-order valence-corrected chi connectivity index (χ4v) is 4.14. The van der Waals surface area contributed by atoms with Gasteiger partial charge in [-0.05, 0) is 18.2 Å². The number of halogens is 1. The molecule has 0 fully saturated rings. The lowest BCUT2D eigenvalue weighted by molar-refractivity contribution is 0.443. The van der Waals surface area contributed by atoms with Gasteiger partial charge in [0.1, 0.15) is 17.9 Å². The lowest BCUT2D eigenvalue weighted by atomic mass is 10.3. The van der Waals surface area contributed by atoms with Gasteiger partial charge in [0.05, 0.1) is 4.90 Å². The molecule has 0 unspecified atom stereocenters. The highest BCUT2D eigenvalue weighted by atomic mass is 32.2. The van der Waals surface area contributed by atoms with Gasteiger partial charge in [0.25, 0.3) is 5.56 Å². The van der Waals surface area contributed by atoms with Crippen LogP contribution in [-0.4, -0.2) is 35.4 Å². The summed E-state index contributed by atoms with van der Waals surface area (Å²) in [6.45, 7) is 4.09. The van der Waals surface area contributed by atoms with Crippen molar-refractivity contribution in [3.63, 3.8) is 0 Å². The molecular weight excluding hydrogens is 361 g/mol. The normalized spacial score (nSPS) is 12.2. The summed E-state index contributed by atoms with van der Waals surface area (Å²) in [5, 5.41) is 0. The van der Waals surface area contributed by atoms with E-state index in [2.05, 4.69) is 4.98 Å². The zero-order valence-electron chi connectivity index (χ0n) is 14.3. The number of hydrogen-bond acceptors (Lipinski definition) is 5. The van der Waals surface area contributed by atoms with Gasteiger partial charge in [0.15, 0.2) is 5.58 Å². The van der Waals surface area contributed by atoms with Gasteiger partial charge in [-0.1, -0.05) is 13.8 Å². The highest BCUT2D eigenvalue weighted by Gasteiger charge is 2.22. The van der Waals surface area contributed by atoms with Gasteiger partial charge < -0.3 is 8.98 Å². The minimum atomic E-state index is -3.69. The predicted molar refractivity (Wildman–Crippen MR) is 93.9 cm³/mol. The van der Waals surface area contributed by atoms with Crippen LogP contribution in [0.1, 0.15) is 19.7 Å². The molecule has 3 aromatic rings. The highest BCUT2D eigenvalue weighted by Crippen LogP contribution is 2.18. The molecule has 138 valence electrons. The van der Waals surface area contributed by atoms with Crippen LogP contribution in [0.2, 0.25) is 0 Å². The van der Waals surface area contributed by atoms with Crippen LogP contribution in [0.15, 0.2) is 50.6 Å². The van der Waals surface area contributed by atoms with Gasteiger partial charge >= 0.3 is 0 Å². The number of aromatic nitrogens is 2. The molecule has 0 radical (unpaired) electrons. The number of sulfonamides is 1. The molecular formula is C17H18FN3O4S. The molecule has 0 spiro atoms. The minimum Gasteiger partial charge on any atom is -0.439 e. The molecule has 26 heavy (non-hydrogen) atoms. The fraction of sp³-hybridized carbons (Fsp3) is 0.294. The Hall–Kier alpha value is -2.52. The van der Waals surface area contributed by atoms with Gasteiger partial charge in [0.2, 0.25) is 15.9 Å². The second-order valence-electron chi connectivity index (χ2n) is 5.64. The van der Waals surface area contributed by atoms with E-state index in [4.69, 9.17) is 4.42 Å². The Bertz CT molecular complexity index is 1100. The number of oxazole rings is 1. The second-order valence-corrected chi connectivity index (χ2v) is 7.58. The zero-order chi connectivity index (χ0) is 18.9. The molecule has 0 aliphatic heterocycles. The summed E-state index contributed by atoms with van der Waals surface area (Å²) < 4.78 is 46.5. The summed E-state index contributed by atoms with van der Waals surface area (Å²) in [5.41, 5.74) is 0.332. The van der Waals surface area contributed by atoms with Gasteiger partial charge in [-0.15, -0.1) is 0 Å². The molecule has 0 N–H and O–H groups in total. The number of fused-ring (bicyclic) bond motifs is 1. The Morgan fingerprint density at radius 3 is 2.62 bits per heavy atom. The summed E-state index contributed by atoms with van der Waals surface area (Å²) in [5.74, 6) is -0.257. The average Bonchev–Trinajstić information content (AvgIpc) is 2.99. The van der Waals surface area contributed by atoms with Crippen molar-refractivity contribution in [2.75, 3.05) is 13.1 Å². The third-order valence-electron chi connectivity index (χ3n) is 4.00. The third kappa shape index (κ3) is 3.40. The van der Waals surface area contributed by atoms with Crippen molar-refractivity contribution in [1.82, 2.24) is 13.9 Å². The fourth-order valence-electron chi connectivity index (χ4n) is 2.66. The largest absolute Gasteiger partial charge is 0.439 e. The van der Waals surface area contributed by atoms with E-state index >= 15 is 0 Å². The van der Waals surface area contributed by atoms with E-state index < -0.39 is 21.4 Å². The van der Waals surface area contributed by atoms with Crippen LogP contribution >= 0.6 is 0 Å². The molecule has 2 aromatic heterocycles. The SMILES string of the molecule is CCN(CC)S(=O)(=O)c1ccc(=O)n(Cc2nc3cc(F)ccc3o2)c1. The van der Waals surface area contributed by atoms with Crippen molar-refractivity contribution in [2.24, 2.45) is 0 Å². The topological polar surface area (TPSA) is 85.4 Å². The van der Waals surface area contributed by atoms with E-state index in [0.29, 0.717) is 24.2 Å². The Morgan fingerprint density at radius 1 is 1.19 bits per heavy atom. The molecule has 7 nitrogen and oxygen atoms in total. The highest BCUT2D eigenvalue weighted by molar-refractivity contribution is 7.89. The number of nitrogens with zero attached hydrogens (tertiary/aromatic N) is 3. The molecule has 0 amide bonds. The van der Waals surface area contributed by atoms with E-state index in [1.54, 1.807) is 13.8 Å². The minimum absolute atomic E-state index is 0.0166. The van der Waals surface area contributed by atoms with Gasteiger partial charge in [0, 0.05) is 31.4 Å². The maximum Gasteiger partial charge on any atom is 0.251 e. The maximum atomic E-state index is 13.3. The second kappa shape index (κ2) is 7.00. The Labute approximate surface area is 149 Å². The molecule has 0 atom stereocenters. The average molecular weight is 379 g/mol. The standard InChI is InChI=1S/C17H18FN3O4S/c1-3-21(4-2)26(23,24)13-6-8-17(22)20(10-13)11-16-19-14-9-12(18)5-7-15(14)25-16/h5-10H,3-4,11H2,1-2H3. The first-order chi connectivity index (χ1) is 12.3. The molecule has 2 heterocycles. The zero-order valence-corrected chi connectivity index (χ0v) is 15.2. The lowest BCUT2D eigenvalue weighted by Gasteiger charge is -2.18. The molecule has 0 saturated carbocycles. The molecule has 0 aliphatic rings. The third-order valence-corrected chi connectivity index (χ3v) is 6.03. The Morgan fingerprint density at radius 2 is 1.92 bits per heavy atom. The van der Waals surface area contributed by atoms with Crippen molar-refractivity contribution >= 4 is 21.1 Å². The van der Waals surface area contributed by atoms with Crippen molar-refractivity contribution < 1.29 is 17.2 Å². The summed E-state index contributed by atoms with van der Waals surface area (Å²) in [6, 6.07) is 6.41. The van der Waals surface area contributed by atoms with Crippen LogP contribution in [-0.2, 0) is 16.6 Å². The monoisotopic (exact) mass is 379 g/mol. The molecule has 1 aromatic carbocycles. The molecule has 9 heteroatoms.